The second kappa shape index (κ2) is 7.65. The van der Waals surface area contributed by atoms with E-state index in [4.69, 9.17) is 10.6 Å². The summed E-state index contributed by atoms with van der Waals surface area (Å²) in [7, 11) is 0. The monoisotopic (exact) mass is 312 g/mol. The van der Waals surface area contributed by atoms with Gasteiger partial charge in [0.15, 0.2) is 0 Å². The first-order chi connectivity index (χ1) is 10.1. The van der Waals surface area contributed by atoms with E-state index in [1.807, 2.05) is 25.6 Å². The average molecular weight is 312 g/mol. The SMILES string of the molecule is CCSC1CCCC1Nc1nc(NN)nc(OC(C)C)n1. The minimum Gasteiger partial charge on any atom is -0.461 e. The average Bonchev–Trinajstić information content (AvgIpc) is 2.85. The van der Waals surface area contributed by atoms with Gasteiger partial charge in [0.2, 0.25) is 11.9 Å². The number of nitrogens with two attached hydrogens (primary N) is 1. The van der Waals surface area contributed by atoms with E-state index < -0.39 is 0 Å². The topological polar surface area (TPSA) is 98.0 Å². The number of rotatable bonds is 7. The van der Waals surface area contributed by atoms with Gasteiger partial charge >= 0.3 is 6.01 Å². The summed E-state index contributed by atoms with van der Waals surface area (Å²) < 4.78 is 5.53. The number of nitrogens with one attached hydrogen (secondary N) is 2. The van der Waals surface area contributed by atoms with Crippen molar-refractivity contribution >= 4 is 23.7 Å². The lowest BCUT2D eigenvalue weighted by atomic mass is 10.2. The molecule has 0 spiro atoms. The molecule has 1 aromatic heterocycles. The molecule has 1 aliphatic carbocycles. The first kappa shape index (κ1) is 16.1. The largest absolute Gasteiger partial charge is 0.461 e. The molecular formula is C13H24N6OS. The number of ether oxygens (including phenoxy) is 1. The minimum atomic E-state index is 0.000695. The highest BCUT2D eigenvalue weighted by molar-refractivity contribution is 7.99. The van der Waals surface area contributed by atoms with Crippen molar-refractivity contribution in [1.29, 1.82) is 0 Å². The zero-order chi connectivity index (χ0) is 15.2. The van der Waals surface area contributed by atoms with Crippen LogP contribution in [0, 0.1) is 0 Å². The van der Waals surface area contributed by atoms with Crippen LogP contribution >= 0.6 is 11.8 Å². The zero-order valence-corrected chi connectivity index (χ0v) is 13.6. The number of hydrogen-bond donors (Lipinski definition) is 3. The smallest absolute Gasteiger partial charge is 0.323 e. The third-order valence-corrected chi connectivity index (χ3v) is 4.56. The number of thioether (sulfide) groups is 1. The van der Waals surface area contributed by atoms with E-state index in [0.29, 0.717) is 23.2 Å². The summed E-state index contributed by atoms with van der Waals surface area (Å²) in [5, 5.41) is 4.01. The molecule has 1 saturated carbocycles. The lowest BCUT2D eigenvalue weighted by molar-refractivity contribution is 0.222. The molecule has 8 heteroatoms. The molecule has 1 fully saturated rings. The molecule has 0 bridgehead atoms. The highest BCUT2D eigenvalue weighted by atomic mass is 32.2. The fraction of sp³-hybridized carbons (Fsp3) is 0.769. The summed E-state index contributed by atoms with van der Waals surface area (Å²) >= 11 is 1.99. The molecule has 0 amide bonds. The van der Waals surface area contributed by atoms with Crippen LogP contribution in [0.5, 0.6) is 6.01 Å². The van der Waals surface area contributed by atoms with Gasteiger partial charge in [0.1, 0.15) is 0 Å². The summed E-state index contributed by atoms with van der Waals surface area (Å²) in [6, 6.07) is 0.669. The molecule has 21 heavy (non-hydrogen) atoms. The number of nitrogens with zero attached hydrogens (tertiary/aromatic N) is 3. The van der Waals surface area contributed by atoms with Crippen LogP contribution in [0.3, 0.4) is 0 Å². The van der Waals surface area contributed by atoms with Gasteiger partial charge in [-0.15, -0.1) is 0 Å². The first-order valence-corrected chi connectivity index (χ1v) is 8.44. The number of hydrazine groups is 1. The standard InChI is InChI=1S/C13H24N6OS/c1-4-21-10-7-5-6-9(10)15-11-16-12(19-14)18-13(17-11)20-8(2)3/h8-10H,4-7,14H2,1-3H3,(H2,15,16,17,18,19). The Bertz CT molecular complexity index is 458. The number of anilines is 2. The molecule has 4 N–H and O–H groups in total. The molecule has 1 heterocycles. The maximum Gasteiger partial charge on any atom is 0.323 e. The second-order valence-corrected chi connectivity index (χ2v) is 6.77. The molecule has 2 unspecified atom stereocenters. The van der Waals surface area contributed by atoms with Crippen LogP contribution < -0.4 is 21.3 Å². The highest BCUT2D eigenvalue weighted by Crippen LogP contribution is 2.31. The maximum absolute atomic E-state index is 5.53. The van der Waals surface area contributed by atoms with Crippen molar-refractivity contribution in [3.8, 4) is 6.01 Å². The maximum atomic E-state index is 5.53. The normalized spacial score (nSPS) is 21.6. The molecule has 7 nitrogen and oxygen atoms in total. The quantitative estimate of drug-likeness (QED) is 0.520. The Balaban J connectivity index is 2.11. The Kier molecular flexibility index (Phi) is 5.86. The first-order valence-electron chi connectivity index (χ1n) is 7.39. The van der Waals surface area contributed by atoms with Gasteiger partial charge in [0.25, 0.3) is 0 Å². The van der Waals surface area contributed by atoms with Crippen molar-refractivity contribution < 1.29 is 4.74 Å². The molecule has 2 rings (SSSR count). The molecule has 2 atom stereocenters. The van der Waals surface area contributed by atoms with Crippen LogP contribution in [0.1, 0.15) is 40.0 Å². The van der Waals surface area contributed by atoms with Gasteiger partial charge in [-0.25, -0.2) is 5.84 Å². The van der Waals surface area contributed by atoms with Gasteiger partial charge in [0, 0.05) is 11.3 Å². The highest BCUT2D eigenvalue weighted by Gasteiger charge is 2.28. The lowest BCUT2D eigenvalue weighted by Crippen LogP contribution is -2.28. The van der Waals surface area contributed by atoms with E-state index in [1.165, 1.54) is 12.8 Å². The molecule has 0 saturated heterocycles. The van der Waals surface area contributed by atoms with E-state index in [9.17, 15) is 0 Å². The van der Waals surface area contributed by atoms with Crippen molar-refractivity contribution in [3.63, 3.8) is 0 Å². The van der Waals surface area contributed by atoms with Crippen molar-refractivity contribution in [2.75, 3.05) is 16.5 Å². The van der Waals surface area contributed by atoms with E-state index >= 15 is 0 Å². The Morgan fingerprint density at radius 3 is 2.71 bits per heavy atom. The third-order valence-electron chi connectivity index (χ3n) is 3.23. The van der Waals surface area contributed by atoms with Gasteiger partial charge < -0.3 is 10.1 Å². The van der Waals surface area contributed by atoms with Crippen LogP contribution in [0.2, 0.25) is 0 Å². The third kappa shape index (κ3) is 4.60. The summed E-state index contributed by atoms with van der Waals surface area (Å²) in [4.78, 5) is 12.7. The van der Waals surface area contributed by atoms with Crippen LogP contribution in [0.15, 0.2) is 0 Å². The zero-order valence-electron chi connectivity index (χ0n) is 12.8. The predicted octanol–water partition coefficient (Wildman–Crippen LogP) is 2.03. The fourth-order valence-corrected chi connectivity index (χ4v) is 3.62. The Morgan fingerprint density at radius 1 is 1.29 bits per heavy atom. The van der Waals surface area contributed by atoms with Gasteiger partial charge in [-0.05, 0) is 32.4 Å². The van der Waals surface area contributed by atoms with E-state index in [-0.39, 0.29) is 12.1 Å². The van der Waals surface area contributed by atoms with Crippen LogP contribution in [-0.2, 0) is 0 Å². The predicted molar refractivity (Wildman–Crippen MR) is 86.6 cm³/mol. The minimum absolute atomic E-state index is 0.000695. The lowest BCUT2D eigenvalue weighted by Gasteiger charge is -2.20. The number of hydrogen-bond acceptors (Lipinski definition) is 8. The molecule has 0 aromatic carbocycles. The molecule has 118 valence electrons. The molecule has 1 aliphatic rings. The van der Waals surface area contributed by atoms with Crippen molar-refractivity contribution in [2.24, 2.45) is 5.84 Å². The van der Waals surface area contributed by atoms with Gasteiger partial charge in [-0.2, -0.15) is 26.7 Å². The van der Waals surface area contributed by atoms with Crippen molar-refractivity contribution in [3.05, 3.63) is 0 Å². The van der Waals surface area contributed by atoms with Crippen molar-refractivity contribution in [2.45, 2.75) is 57.4 Å². The Hall–Kier alpha value is -1.28. The van der Waals surface area contributed by atoms with Crippen LogP contribution in [0.25, 0.3) is 0 Å². The molecule has 1 aromatic rings. The second-order valence-electron chi connectivity index (χ2n) is 5.25. The van der Waals surface area contributed by atoms with Crippen LogP contribution in [-0.4, -0.2) is 38.1 Å². The Labute approximate surface area is 129 Å². The summed E-state index contributed by atoms with van der Waals surface area (Å²) in [6.07, 6.45) is 3.60. The number of aromatic nitrogens is 3. The number of nitrogen functional groups attached to an aromatic ring is 1. The summed E-state index contributed by atoms with van der Waals surface area (Å²) in [6.45, 7) is 6.04. The Morgan fingerprint density at radius 2 is 2.05 bits per heavy atom. The van der Waals surface area contributed by atoms with Gasteiger partial charge in [-0.3, -0.25) is 5.43 Å². The van der Waals surface area contributed by atoms with E-state index in [2.05, 4.69) is 32.6 Å². The van der Waals surface area contributed by atoms with Gasteiger partial charge in [0.05, 0.1) is 6.10 Å². The summed E-state index contributed by atoms with van der Waals surface area (Å²) in [5.74, 6) is 7.36. The van der Waals surface area contributed by atoms with Crippen molar-refractivity contribution in [1.82, 2.24) is 15.0 Å². The van der Waals surface area contributed by atoms with E-state index in [1.54, 1.807) is 0 Å². The summed E-state index contributed by atoms with van der Waals surface area (Å²) in [5.41, 5.74) is 2.45. The van der Waals surface area contributed by atoms with Crippen LogP contribution in [0.4, 0.5) is 11.9 Å². The molecular weight excluding hydrogens is 288 g/mol. The van der Waals surface area contributed by atoms with Gasteiger partial charge in [-0.1, -0.05) is 13.3 Å². The fourth-order valence-electron chi connectivity index (χ4n) is 2.42. The van der Waals surface area contributed by atoms with E-state index in [0.717, 1.165) is 12.2 Å². The molecule has 0 radical (unpaired) electrons. The molecule has 0 aliphatic heterocycles.